The fourth-order valence-electron chi connectivity index (χ4n) is 5.60. The Labute approximate surface area is 294 Å². The van der Waals surface area contributed by atoms with E-state index >= 15 is 4.39 Å². The molecule has 4 aromatic rings. The second-order valence-electron chi connectivity index (χ2n) is 13.7. The normalized spacial score (nSPS) is 13.2. The van der Waals surface area contributed by atoms with Crippen LogP contribution in [0.5, 0.6) is 0 Å². The highest BCUT2D eigenvalue weighted by molar-refractivity contribution is 9.10. The Balaban J connectivity index is 1.76. The number of ether oxygens (including phenoxy) is 2. The summed E-state index contributed by atoms with van der Waals surface area (Å²) in [6, 6.07) is 17.8. The van der Waals surface area contributed by atoms with Crippen LogP contribution in [-0.2, 0) is 14.3 Å². The van der Waals surface area contributed by atoms with Crippen LogP contribution in [-0.4, -0.2) is 45.5 Å². The zero-order valence-electron chi connectivity index (χ0n) is 28.3. The third-order valence-corrected chi connectivity index (χ3v) is 8.16. The molecule has 48 heavy (non-hydrogen) atoms. The van der Waals surface area contributed by atoms with Crippen LogP contribution in [0.1, 0.15) is 107 Å². The van der Waals surface area contributed by atoms with Crippen molar-refractivity contribution in [2.75, 3.05) is 6.54 Å². The van der Waals surface area contributed by atoms with E-state index in [9.17, 15) is 14.4 Å². The molecule has 0 aliphatic heterocycles. The topological polar surface area (TPSA) is 99.5 Å². The number of carbonyl (C=O) groups excluding carboxylic acids is 3. The van der Waals surface area contributed by atoms with Gasteiger partial charge in [0.05, 0.1) is 12.1 Å². The molecule has 0 saturated carbocycles. The molecule has 0 radical (unpaired) electrons. The predicted octanol–water partition coefficient (Wildman–Crippen LogP) is 9.55. The largest absolute Gasteiger partial charge is 0.460 e. The lowest BCUT2D eigenvalue weighted by Crippen LogP contribution is -2.29. The van der Waals surface area contributed by atoms with Gasteiger partial charge < -0.3 is 14.8 Å². The van der Waals surface area contributed by atoms with Crippen molar-refractivity contribution in [1.29, 1.82) is 0 Å². The van der Waals surface area contributed by atoms with E-state index in [1.807, 2.05) is 24.3 Å². The second-order valence-corrected chi connectivity index (χ2v) is 15.1. The van der Waals surface area contributed by atoms with Gasteiger partial charge in [-0.25, -0.2) is 9.18 Å². The highest BCUT2D eigenvalue weighted by Gasteiger charge is 2.33. The molecule has 0 bridgehead atoms. The first-order valence-corrected chi connectivity index (χ1v) is 17.1. The van der Waals surface area contributed by atoms with Gasteiger partial charge in [-0.15, -0.1) is 0 Å². The number of hydrogen-bond acceptors (Lipinski definition) is 6. The maximum absolute atomic E-state index is 15.7. The molecule has 1 aromatic heterocycles. The van der Waals surface area contributed by atoms with Crippen molar-refractivity contribution in [2.24, 2.45) is 0 Å². The minimum atomic E-state index is -0.828. The highest BCUT2D eigenvalue weighted by atomic mass is 79.9. The quantitative estimate of drug-likeness (QED) is 0.163. The monoisotopic (exact) mass is 741 g/mol. The number of benzene rings is 3. The summed E-state index contributed by atoms with van der Waals surface area (Å²) >= 11 is 9.72. The van der Waals surface area contributed by atoms with Crippen LogP contribution in [0.25, 0.3) is 10.9 Å². The first-order valence-electron chi connectivity index (χ1n) is 15.9. The molecular weight excluding hydrogens is 701 g/mol. The predicted molar refractivity (Wildman–Crippen MR) is 189 cm³/mol. The van der Waals surface area contributed by atoms with Crippen LogP contribution in [0.4, 0.5) is 9.18 Å². The van der Waals surface area contributed by atoms with Gasteiger partial charge in [0.25, 0.3) is 5.91 Å². The lowest BCUT2D eigenvalue weighted by molar-refractivity contribution is -0.154. The van der Waals surface area contributed by atoms with Crippen LogP contribution in [0.15, 0.2) is 65.1 Å². The number of fused-ring (bicyclic) bond motifs is 1. The SMILES string of the molecule is CCCC(c1ccc(C(=O)NCCC(=O)OC(C)(C)C)cc1)C(c1ccc(Cl)cc1)c1nn(C(=O)OC(C)(C)C)c2c(F)cc(Br)cc12. The molecule has 0 saturated heterocycles. The fourth-order valence-corrected chi connectivity index (χ4v) is 6.15. The highest BCUT2D eigenvalue weighted by Crippen LogP contribution is 2.44. The van der Waals surface area contributed by atoms with Crippen molar-refractivity contribution in [3.63, 3.8) is 0 Å². The zero-order chi connectivity index (χ0) is 35.4. The van der Waals surface area contributed by atoms with Crippen molar-refractivity contribution >= 4 is 56.4 Å². The summed E-state index contributed by atoms with van der Waals surface area (Å²) in [7, 11) is 0. The van der Waals surface area contributed by atoms with Gasteiger partial charge in [-0.1, -0.05) is 65.1 Å². The molecule has 0 spiro atoms. The minimum Gasteiger partial charge on any atom is -0.460 e. The van der Waals surface area contributed by atoms with Crippen molar-refractivity contribution in [2.45, 2.75) is 90.8 Å². The smallest absolute Gasteiger partial charge is 0.435 e. The van der Waals surface area contributed by atoms with Crippen LogP contribution in [0.3, 0.4) is 0 Å². The molecule has 0 fully saturated rings. The average Bonchev–Trinajstić information content (AvgIpc) is 3.35. The average molecular weight is 743 g/mol. The standard InChI is InChI=1S/C37H42BrClFN3O5/c1-8-9-27(22-10-12-24(13-11-22)34(45)41-19-18-30(44)47-36(2,3)4)31(23-14-16-26(39)17-15-23)32-28-20-25(38)21-29(40)33(28)43(42-32)35(46)48-37(5,6)7/h10-17,20-21,27,31H,8-9,18-19H2,1-7H3,(H,41,45). The number of nitrogens with zero attached hydrogens (tertiary/aromatic N) is 2. The van der Waals surface area contributed by atoms with E-state index in [1.54, 1.807) is 71.9 Å². The summed E-state index contributed by atoms with van der Waals surface area (Å²) < 4.78 is 28.1. The number of halogens is 3. The molecule has 1 heterocycles. The lowest BCUT2D eigenvalue weighted by atomic mass is 9.76. The summed E-state index contributed by atoms with van der Waals surface area (Å²) in [4.78, 5) is 38.4. The van der Waals surface area contributed by atoms with Crippen LogP contribution >= 0.6 is 27.5 Å². The summed E-state index contributed by atoms with van der Waals surface area (Å²) in [5.41, 5.74) is 1.34. The molecule has 0 aliphatic rings. The number of hydrogen-bond donors (Lipinski definition) is 1. The number of aromatic nitrogens is 2. The third kappa shape index (κ3) is 9.44. The molecule has 1 amide bonds. The Morgan fingerprint density at radius 1 is 0.938 bits per heavy atom. The molecule has 3 aromatic carbocycles. The van der Waals surface area contributed by atoms with Gasteiger partial charge in [-0.05, 0) is 101 Å². The minimum absolute atomic E-state index is 0.0232. The molecule has 8 nitrogen and oxygen atoms in total. The van der Waals surface area contributed by atoms with Crippen molar-refractivity contribution in [3.05, 3.63) is 98.4 Å². The van der Waals surface area contributed by atoms with Gasteiger partial charge in [0.2, 0.25) is 0 Å². The Hall–Kier alpha value is -3.76. The lowest BCUT2D eigenvalue weighted by Gasteiger charge is -2.27. The van der Waals surface area contributed by atoms with Gasteiger partial charge >= 0.3 is 12.1 Å². The van der Waals surface area contributed by atoms with Crippen molar-refractivity contribution in [3.8, 4) is 0 Å². The number of rotatable bonds is 10. The van der Waals surface area contributed by atoms with E-state index in [0.717, 1.165) is 22.2 Å². The number of esters is 1. The summed E-state index contributed by atoms with van der Waals surface area (Å²) in [6.45, 7) is 12.8. The first-order chi connectivity index (χ1) is 22.5. The van der Waals surface area contributed by atoms with Crippen LogP contribution < -0.4 is 5.32 Å². The fraction of sp³-hybridized carbons (Fsp3) is 0.405. The van der Waals surface area contributed by atoms with Gasteiger partial charge in [0.15, 0.2) is 5.82 Å². The molecule has 4 rings (SSSR count). The molecule has 2 unspecified atom stereocenters. The molecule has 11 heteroatoms. The number of carbonyl (C=O) groups is 3. The zero-order valence-corrected chi connectivity index (χ0v) is 30.7. The maximum Gasteiger partial charge on any atom is 0.435 e. The van der Waals surface area contributed by atoms with E-state index in [0.29, 0.717) is 32.6 Å². The van der Waals surface area contributed by atoms with E-state index < -0.39 is 29.0 Å². The number of amides is 1. The Bertz CT molecular complexity index is 1780. The third-order valence-electron chi connectivity index (χ3n) is 7.45. The van der Waals surface area contributed by atoms with Crippen LogP contribution in [0.2, 0.25) is 5.02 Å². The molecule has 1 N–H and O–H groups in total. The van der Waals surface area contributed by atoms with Crippen molar-refractivity contribution in [1.82, 2.24) is 15.1 Å². The van der Waals surface area contributed by atoms with Gasteiger partial charge in [0.1, 0.15) is 16.7 Å². The molecule has 2 atom stereocenters. The Morgan fingerprint density at radius 3 is 2.12 bits per heavy atom. The van der Waals surface area contributed by atoms with E-state index in [4.69, 9.17) is 26.2 Å². The van der Waals surface area contributed by atoms with E-state index in [1.165, 1.54) is 6.07 Å². The van der Waals surface area contributed by atoms with E-state index in [2.05, 4.69) is 28.2 Å². The van der Waals surface area contributed by atoms with Gasteiger partial charge in [-0.2, -0.15) is 9.78 Å². The Morgan fingerprint density at radius 2 is 1.54 bits per heavy atom. The second kappa shape index (κ2) is 15.2. The van der Waals surface area contributed by atoms with Gasteiger partial charge in [-0.3, -0.25) is 9.59 Å². The number of nitrogens with one attached hydrogen (secondary N) is 1. The maximum atomic E-state index is 15.7. The van der Waals surface area contributed by atoms with Crippen molar-refractivity contribution < 1.29 is 28.2 Å². The van der Waals surface area contributed by atoms with E-state index in [-0.39, 0.29) is 36.3 Å². The molecule has 0 aliphatic carbocycles. The van der Waals surface area contributed by atoms with Gasteiger partial charge in [0, 0.05) is 32.9 Å². The first kappa shape index (κ1) is 37.1. The summed E-state index contributed by atoms with van der Waals surface area (Å²) in [6.07, 6.45) is 0.795. The summed E-state index contributed by atoms with van der Waals surface area (Å²) in [5.74, 6) is -1.94. The molecule has 256 valence electrons. The Kier molecular flexibility index (Phi) is 11.7. The molecular formula is C37H42BrClFN3O5. The van der Waals surface area contributed by atoms with Crippen LogP contribution in [0, 0.1) is 5.82 Å². The summed E-state index contributed by atoms with van der Waals surface area (Å²) in [5, 5.41) is 8.57.